The van der Waals surface area contributed by atoms with Crippen LogP contribution in [0.1, 0.15) is 29.7 Å². The summed E-state index contributed by atoms with van der Waals surface area (Å²) < 4.78 is 0. The van der Waals surface area contributed by atoms with Crippen LogP contribution in [-0.4, -0.2) is 63.9 Å². The minimum atomic E-state index is -1.17. The molecule has 33 heavy (non-hydrogen) atoms. The molecule has 178 valence electrons. The summed E-state index contributed by atoms with van der Waals surface area (Å²) in [5.41, 5.74) is 0.766. The zero-order valence-electron chi connectivity index (χ0n) is 17.9. The quantitative estimate of drug-likeness (QED) is 0.473. The predicted molar refractivity (Wildman–Crippen MR) is 128 cm³/mol. The van der Waals surface area contributed by atoms with Gasteiger partial charge < -0.3 is 25.3 Å². The number of aromatic nitrogens is 1. The van der Waals surface area contributed by atoms with Crippen molar-refractivity contribution in [3.63, 3.8) is 0 Å². The van der Waals surface area contributed by atoms with Gasteiger partial charge in [-0.1, -0.05) is 35.3 Å². The Bertz CT molecular complexity index is 1020. The molecule has 3 N–H and O–H groups in total. The van der Waals surface area contributed by atoms with Gasteiger partial charge >= 0.3 is 6.09 Å². The molecule has 1 aromatic heterocycles. The van der Waals surface area contributed by atoms with Crippen LogP contribution in [0.15, 0.2) is 24.4 Å². The number of thiazole rings is 1. The maximum Gasteiger partial charge on any atom is 0.404 e. The lowest BCUT2D eigenvalue weighted by molar-refractivity contribution is -0.136. The second-order valence-corrected chi connectivity index (χ2v) is 10.4. The van der Waals surface area contributed by atoms with Crippen molar-refractivity contribution < 1.29 is 19.8 Å². The molecule has 4 rings (SSSR count). The first-order valence-electron chi connectivity index (χ1n) is 10.9. The topological polar surface area (TPSA) is 106 Å². The average molecular weight is 513 g/mol. The first kappa shape index (κ1) is 24.1. The standard InChI is InChI=1S/C22H26Cl2N4O4S/c23-18-3-1-2-13(19(18)24)11-28(15-4-5-15)20(30)14(9-26-22(31)32)8-17-10-25-21(33-17)27-7-6-16(29)12-27/h1-3,10,14-16,26,29H,4-9,11-12H2,(H,31,32)/t14-,16+/m1/s1. The van der Waals surface area contributed by atoms with Gasteiger partial charge in [-0.3, -0.25) is 4.79 Å². The van der Waals surface area contributed by atoms with E-state index in [9.17, 15) is 14.7 Å². The zero-order valence-corrected chi connectivity index (χ0v) is 20.2. The number of aliphatic hydroxyl groups excluding tert-OH is 1. The van der Waals surface area contributed by atoms with Crippen molar-refractivity contribution in [2.75, 3.05) is 24.5 Å². The van der Waals surface area contributed by atoms with Crippen LogP contribution in [0, 0.1) is 5.92 Å². The molecule has 2 heterocycles. The minimum Gasteiger partial charge on any atom is -0.465 e. The van der Waals surface area contributed by atoms with Crippen LogP contribution in [0.2, 0.25) is 10.0 Å². The molecule has 1 saturated carbocycles. The van der Waals surface area contributed by atoms with Crippen LogP contribution in [0.3, 0.4) is 0 Å². The monoisotopic (exact) mass is 512 g/mol. The maximum atomic E-state index is 13.6. The second-order valence-electron chi connectivity index (χ2n) is 8.50. The summed E-state index contributed by atoms with van der Waals surface area (Å²) >= 11 is 14.0. The maximum absolute atomic E-state index is 13.6. The Morgan fingerprint density at radius 2 is 2.09 bits per heavy atom. The van der Waals surface area contributed by atoms with E-state index in [1.54, 1.807) is 23.2 Å². The van der Waals surface area contributed by atoms with Crippen LogP contribution in [0.25, 0.3) is 0 Å². The van der Waals surface area contributed by atoms with E-state index in [-0.39, 0.29) is 24.6 Å². The van der Waals surface area contributed by atoms with Gasteiger partial charge in [0.25, 0.3) is 0 Å². The number of hydrogen-bond acceptors (Lipinski definition) is 6. The lowest BCUT2D eigenvalue weighted by Crippen LogP contribution is -2.43. The molecule has 2 aromatic rings. The highest BCUT2D eigenvalue weighted by Gasteiger charge is 2.36. The molecule has 1 aromatic carbocycles. The number of carbonyl (C=O) groups excluding carboxylic acids is 1. The van der Waals surface area contributed by atoms with Gasteiger partial charge in [-0.15, -0.1) is 11.3 Å². The van der Waals surface area contributed by atoms with Gasteiger partial charge in [0, 0.05) is 43.3 Å². The van der Waals surface area contributed by atoms with Gasteiger partial charge in [0.2, 0.25) is 5.91 Å². The SMILES string of the molecule is O=C(O)NC[C@@H](Cc1cnc(N2CC[C@H](O)C2)s1)C(=O)N(Cc1cccc(Cl)c1Cl)C1CC1. The van der Waals surface area contributed by atoms with Crippen LogP contribution >= 0.6 is 34.5 Å². The van der Waals surface area contributed by atoms with Gasteiger partial charge in [0.1, 0.15) is 0 Å². The van der Waals surface area contributed by atoms with Crippen LogP contribution in [0.4, 0.5) is 9.93 Å². The summed E-state index contributed by atoms with van der Waals surface area (Å²) in [6, 6.07) is 5.47. The van der Waals surface area contributed by atoms with Crippen molar-refractivity contribution in [1.29, 1.82) is 0 Å². The smallest absolute Gasteiger partial charge is 0.404 e. The molecule has 0 radical (unpaired) electrons. The van der Waals surface area contributed by atoms with Gasteiger partial charge in [0.05, 0.1) is 22.1 Å². The molecule has 1 saturated heterocycles. The van der Waals surface area contributed by atoms with Crippen molar-refractivity contribution >= 4 is 51.7 Å². The molecule has 2 fully saturated rings. The number of anilines is 1. The number of rotatable bonds is 9. The summed E-state index contributed by atoms with van der Waals surface area (Å²) in [5.74, 6) is -0.689. The molecule has 8 nitrogen and oxygen atoms in total. The van der Waals surface area contributed by atoms with E-state index in [0.717, 1.165) is 35.0 Å². The van der Waals surface area contributed by atoms with E-state index in [4.69, 9.17) is 28.3 Å². The third kappa shape index (κ3) is 6.09. The van der Waals surface area contributed by atoms with Crippen LogP contribution < -0.4 is 10.2 Å². The average Bonchev–Trinajstić information content (AvgIpc) is 3.35. The number of benzene rings is 1. The highest BCUT2D eigenvalue weighted by Crippen LogP contribution is 2.34. The van der Waals surface area contributed by atoms with E-state index in [2.05, 4.69) is 10.3 Å². The first-order valence-corrected chi connectivity index (χ1v) is 12.5. The Hall–Kier alpha value is -2.07. The van der Waals surface area contributed by atoms with Crippen molar-refractivity contribution in [2.45, 2.75) is 44.4 Å². The Kier molecular flexibility index (Phi) is 7.63. The lowest BCUT2D eigenvalue weighted by Gasteiger charge is -2.28. The van der Waals surface area contributed by atoms with Gasteiger partial charge in [-0.25, -0.2) is 9.78 Å². The Morgan fingerprint density at radius 1 is 1.30 bits per heavy atom. The summed E-state index contributed by atoms with van der Waals surface area (Å²) in [5, 5.41) is 23.0. The third-order valence-corrected chi connectivity index (χ3v) is 7.85. The molecule has 11 heteroatoms. The molecular weight excluding hydrogens is 487 g/mol. The summed E-state index contributed by atoms with van der Waals surface area (Å²) in [7, 11) is 0. The fourth-order valence-corrected chi connectivity index (χ4v) is 5.42. The summed E-state index contributed by atoms with van der Waals surface area (Å²) in [6.45, 7) is 1.63. The highest BCUT2D eigenvalue weighted by atomic mass is 35.5. The minimum absolute atomic E-state index is 0.0102. The molecule has 0 bridgehead atoms. The fourth-order valence-electron chi connectivity index (χ4n) is 4.02. The molecule has 2 atom stereocenters. The number of β-amino-alcohol motifs (C(OH)–C–C–N with tert-alkyl or cyclic N) is 1. The number of carboxylic acid groups (broad SMARTS) is 1. The van der Waals surface area contributed by atoms with Crippen LogP contribution in [0.5, 0.6) is 0 Å². The molecule has 2 amide bonds. The van der Waals surface area contributed by atoms with E-state index >= 15 is 0 Å². The molecule has 1 aliphatic heterocycles. The van der Waals surface area contributed by atoms with E-state index in [1.165, 1.54) is 11.3 Å². The molecule has 0 spiro atoms. The lowest BCUT2D eigenvalue weighted by atomic mass is 10.0. The summed E-state index contributed by atoms with van der Waals surface area (Å²) in [6.07, 6.45) is 3.12. The predicted octanol–water partition coefficient (Wildman–Crippen LogP) is 3.64. The number of hydrogen-bond donors (Lipinski definition) is 3. The molecule has 1 aliphatic carbocycles. The molecule has 0 unspecified atom stereocenters. The van der Waals surface area contributed by atoms with Gasteiger partial charge in [0.15, 0.2) is 5.13 Å². The Morgan fingerprint density at radius 3 is 2.76 bits per heavy atom. The van der Waals surface area contributed by atoms with Gasteiger partial charge in [-0.05, 0) is 37.3 Å². The van der Waals surface area contributed by atoms with Crippen molar-refractivity contribution in [3.05, 3.63) is 44.9 Å². The number of carbonyl (C=O) groups is 2. The number of halogens is 2. The number of nitrogens with one attached hydrogen (secondary N) is 1. The van der Waals surface area contributed by atoms with Gasteiger partial charge in [-0.2, -0.15) is 0 Å². The van der Waals surface area contributed by atoms with Crippen molar-refractivity contribution in [1.82, 2.24) is 15.2 Å². The number of aliphatic hydroxyl groups is 1. The van der Waals surface area contributed by atoms with Crippen molar-refractivity contribution in [2.24, 2.45) is 5.92 Å². The fraction of sp³-hybridized carbons (Fsp3) is 0.500. The third-order valence-electron chi connectivity index (χ3n) is 5.91. The summed E-state index contributed by atoms with van der Waals surface area (Å²) in [4.78, 5) is 34.0. The van der Waals surface area contributed by atoms with E-state index in [0.29, 0.717) is 36.0 Å². The Labute approximate surface area is 206 Å². The van der Waals surface area contributed by atoms with E-state index < -0.39 is 12.0 Å². The number of nitrogens with zero attached hydrogens (tertiary/aromatic N) is 3. The van der Waals surface area contributed by atoms with E-state index in [1.807, 2.05) is 11.0 Å². The normalized spacial score (nSPS) is 18.9. The largest absolute Gasteiger partial charge is 0.465 e. The zero-order chi connectivity index (χ0) is 23.5. The second kappa shape index (κ2) is 10.5. The molecular formula is C22H26Cl2N4O4S. The Balaban J connectivity index is 1.51. The number of amides is 2. The highest BCUT2D eigenvalue weighted by molar-refractivity contribution is 7.15. The van der Waals surface area contributed by atoms with Crippen LogP contribution in [-0.2, 0) is 17.8 Å². The first-order chi connectivity index (χ1) is 15.8. The van der Waals surface area contributed by atoms with Crippen molar-refractivity contribution in [3.8, 4) is 0 Å². The molecule has 2 aliphatic rings.